The second-order valence-corrected chi connectivity index (χ2v) is 4.94. The van der Waals surface area contributed by atoms with Crippen molar-refractivity contribution in [3.8, 4) is 0 Å². The first kappa shape index (κ1) is 13.5. The van der Waals surface area contributed by atoms with Crippen molar-refractivity contribution in [1.29, 1.82) is 0 Å². The standard InChI is InChI=1S/C15H24N2O/c1-3-13-7-8-14(16-10-13)11-17-9-5-6-15(17)12-18-4-2/h7-8,10,15H,3-6,9,11-12H2,1-2H3. The molecule has 3 nitrogen and oxygen atoms in total. The maximum Gasteiger partial charge on any atom is 0.0621 e. The van der Waals surface area contributed by atoms with Crippen LogP contribution in [0.1, 0.15) is 37.9 Å². The van der Waals surface area contributed by atoms with Gasteiger partial charge >= 0.3 is 0 Å². The summed E-state index contributed by atoms with van der Waals surface area (Å²) in [6, 6.07) is 4.93. The van der Waals surface area contributed by atoms with Gasteiger partial charge in [-0.05, 0) is 44.4 Å². The van der Waals surface area contributed by atoms with E-state index < -0.39 is 0 Å². The highest BCUT2D eigenvalue weighted by molar-refractivity contribution is 5.14. The molecule has 0 aliphatic carbocycles. The first-order chi connectivity index (χ1) is 8.83. The highest BCUT2D eigenvalue weighted by Gasteiger charge is 2.24. The molecule has 3 heteroatoms. The lowest BCUT2D eigenvalue weighted by Crippen LogP contribution is -2.33. The number of ether oxygens (including phenoxy) is 1. The van der Waals surface area contributed by atoms with Crippen LogP contribution in [0.3, 0.4) is 0 Å². The topological polar surface area (TPSA) is 25.4 Å². The van der Waals surface area contributed by atoms with Gasteiger partial charge in [0.05, 0.1) is 12.3 Å². The maximum atomic E-state index is 5.56. The minimum Gasteiger partial charge on any atom is -0.380 e. The fourth-order valence-corrected chi connectivity index (χ4v) is 2.51. The molecule has 2 heterocycles. The molecule has 0 saturated carbocycles. The molecule has 0 amide bonds. The molecule has 0 N–H and O–H groups in total. The van der Waals surface area contributed by atoms with Crippen molar-refractivity contribution in [1.82, 2.24) is 9.88 Å². The molecule has 0 spiro atoms. The molecular formula is C15H24N2O. The lowest BCUT2D eigenvalue weighted by Gasteiger charge is -2.23. The second kappa shape index (κ2) is 6.86. The average molecular weight is 248 g/mol. The summed E-state index contributed by atoms with van der Waals surface area (Å²) in [6.07, 6.45) is 5.60. The number of aromatic nitrogens is 1. The number of likely N-dealkylation sites (tertiary alicyclic amines) is 1. The van der Waals surface area contributed by atoms with Crippen molar-refractivity contribution in [2.75, 3.05) is 19.8 Å². The van der Waals surface area contributed by atoms with Crippen LogP contribution in [0, 0.1) is 0 Å². The second-order valence-electron chi connectivity index (χ2n) is 4.94. The third-order valence-corrected chi connectivity index (χ3v) is 3.67. The smallest absolute Gasteiger partial charge is 0.0621 e. The first-order valence-electron chi connectivity index (χ1n) is 7.09. The lowest BCUT2D eigenvalue weighted by atomic mass is 10.2. The molecule has 100 valence electrons. The molecular weight excluding hydrogens is 224 g/mol. The Labute approximate surface area is 110 Å². The predicted octanol–water partition coefficient (Wildman–Crippen LogP) is 2.64. The van der Waals surface area contributed by atoms with Crippen LogP contribution in [0.2, 0.25) is 0 Å². The van der Waals surface area contributed by atoms with Gasteiger partial charge in [-0.2, -0.15) is 0 Å². The molecule has 1 saturated heterocycles. The van der Waals surface area contributed by atoms with E-state index in [1.165, 1.54) is 30.6 Å². The molecule has 1 unspecified atom stereocenters. The number of hydrogen-bond acceptors (Lipinski definition) is 3. The summed E-state index contributed by atoms with van der Waals surface area (Å²) >= 11 is 0. The Bertz CT molecular complexity index is 350. The quantitative estimate of drug-likeness (QED) is 0.774. The summed E-state index contributed by atoms with van der Waals surface area (Å²) in [7, 11) is 0. The van der Waals surface area contributed by atoms with E-state index >= 15 is 0 Å². The van der Waals surface area contributed by atoms with E-state index in [2.05, 4.69) is 35.9 Å². The van der Waals surface area contributed by atoms with Crippen LogP contribution >= 0.6 is 0 Å². The monoisotopic (exact) mass is 248 g/mol. The largest absolute Gasteiger partial charge is 0.380 e. The van der Waals surface area contributed by atoms with E-state index in [0.29, 0.717) is 6.04 Å². The van der Waals surface area contributed by atoms with Crippen molar-refractivity contribution in [2.45, 2.75) is 45.7 Å². The predicted molar refractivity (Wildman–Crippen MR) is 73.5 cm³/mol. The molecule has 2 rings (SSSR count). The van der Waals surface area contributed by atoms with Crippen LogP contribution in [0.5, 0.6) is 0 Å². The number of nitrogens with zero attached hydrogens (tertiary/aromatic N) is 2. The van der Waals surface area contributed by atoms with Crippen LogP contribution in [-0.2, 0) is 17.7 Å². The average Bonchev–Trinajstić information content (AvgIpc) is 2.84. The van der Waals surface area contributed by atoms with Crippen molar-refractivity contribution in [3.05, 3.63) is 29.6 Å². The number of hydrogen-bond donors (Lipinski definition) is 0. The molecule has 1 aromatic heterocycles. The first-order valence-corrected chi connectivity index (χ1v) is 7.09. The number of rotatable bonds is 6. The van der Waals surface area contributed by atoms with Crippen LogP contribution in [-0.4, -0.2) is 35.7 Å². The third-order valence-electron chi connectivity index (χ3n) is 3.67. The Hall–Kier alpha value is -0.930. The molecule has 1 aliphatic heterocycles. The zero-order valence-corrected chi connectivity index (χ0v) is 11.6. The Morgan fingerprint density at radius 3 is 2.94 bits per heavy atom. The summed E-state index contributed by atoms with van der Waals surface area (Å²) in [6.45, 7) is 8.04. The van der Waals surface area contributed by atoms with Crippen LogP contribution < -0.4 is 0 Å². The normalized spacial score (nSPS) is 20.4. The molecule has 0 radical (unpaired) electrons. The maximum absolute atomic E-state index is 5.56. The SMILES string of the molecule is CCOCC1CCCN1Cc1ccc(CC)cn1. The van der Waals surface area contributed by atoms with Crippen LogP contribution in [0.25, 0.3) is 0 Å². The van der Waals surface area contributed by atoms with E-state index in [1.807, 2.05) is 6.20 Å². The fraction of sp³-hybridized carbons (Fsp3) is 0.667. The van der Waals surface area contributed by atoms with Gasteiger partial charge in [-0.25, -0.2) is 0 Å². The van der Waals surface area contributed by atoms with Gasteiger partial charge in [0.2, 0.25) is 0 Å². The molecule has 1 fully saturated rings. The molecule has 1 aromatic rings. The Morgan fingerprint density at radius 2 is 2.28 bits per heavy atom. The minimum atomic E-state index is 0.581. The van der Waals surface area contributed by atoms with Gasteiger partial charge < -0.3 is 4.74 Å². The number of aryl methyl sites for hydroxylation is 1. The van der Waals surface area contributed by atoms with Crippen molar-refractivity contribution < 1.29 is 4.74 Å². The fourth-order valence-electron chi connectivity index (χ4n) is 2.51. The molecule has 1 aliphatic rings. The zero-order chi connectivity index (χ0) is 12.8. The van der Waals surface area contributed by atoms with Crippen molar-refractivity contribution in [2.24, 2.45) is 0 Å². The van der Waals surface area contributed by atoms with E-state index in [9.17, 15) is 0 Å². The van der Waals surface area contributed by atoms with Crippen molar-refractivity contribution in [3.63, 3.8) is 0 Å². The highest BCUT2D eigenvalue weighted by Crippen LogP contribution is 2.19. The van der Waals surface area contributed by atoms with E-state index in [4.69, 9.17) is 4.74 Å². The lowest BCUT2D eigenvalue weighted by molar-refractivity contribution is 0.0819. The zero-order valence-electron chi connectivity index (χ0n) is 11.6. The molecule has 18 heavy (non-hydrogen) atoms. The molecule has 1 atom stereocenters. The van der Waals surface area contributed by atoms with Gasteiger partial charge in [0.1, 0.15) is 0 Å². The van der Waals surface area contributed by atoms with E-state index in [1.54, 1.807) is 0 Å². The summed E-state index contributed by atoms with van der Waals surface area (Å²) < 4.78 is 5.56. The number of pyridine rings is 1. The van der Waals surface area contributed by atoms with E-state index in [0.717, 1.165) is 26.2 Å². The van der Waals surface area contributed by atoms with Crippen LogP contribution in [0.15, 0.2) is 18.3 Å². The van der Waals surface area contributed by atoms with Gasteiger partial charge in [0.25, 0.3) is 0 Å². The summed E-state index contributed by atoms with van der Waals surface area (Å²) in [5, 5.41) is 0. The molecule has 0 aromatic carbocycles. The highest BCUT2D eigenvalue weighted by atomic mass is 16.5. The Kier molecular flexibility index (Phi) is 5.14. The minimum absolute atomic E-state index is 0.581. The Balaban J connectivity index is 1.90. The Morgan fingerprint density at radius 1 is 1.39 bits per heavy atom. The third kappa shape index (κ3) is 3.53. The van der Waals surface area contributed by atoms with Gasteiger partial charge in [0, 0.05) is 25.4 Å². The summed E-state index contributed by atoms with van der Waals surface area (Å²) in [5.74, 6) is 0. The summed E-state index contributed by atoms with van der Waals surface area (Å²) in [5.41, 5.74) is 2.49. The van der Waals surface area contributed by atoms with Crippen molar-refractivity contribution >= 4 is 0 Å². The summed E-state index contributed by atoms with van der Waals surface area (Å²) in [4.78, 5) is 7.05. The van der Waals surface area contributed by atoms with Crippen LogP contribution in [0.4, 0.5) is 0 Å². The van der Waals surface area contributed by atoms with Gasteiger partial charge in [-0.3, -0.25) is 9.88 Å². The van der Waals surface area contributed by atoms with Gasteiger partial charge in [-0.15, -0.1) is 0 Å². The van der Waals surface area contributed by atoms with Gasteiger partial charge in [0.15, 0.2) is 0 Å². The van der Waals surface area contributed by atoms with Gasteiger partial charge in [-0.1, -0.05) is 13.0 Å². The molecule has 0 bridgehead atoms. The van der Waals surface area contributed by atoms with E-state index in [-0.39, 0.29) is 0 Å².